The zero-order chi connectivity index (χ0) is 18.2. The van der Waals surface area contributed by atoms with Crippen LogP contribution in [0.1, 0.15) is 11.3 Å². The molecular weight excluding hydrogens is 346 g/mol. The van der Waals surface area contributed by atoms with Crippen LogP contribution in [0.2, 0.25) is 0 Å². The van der Waals surface area contributed by atoms with Gasteiger partial charge in [0, 0.05) is 6.07 Å². The molecule has 2 heterocycles. The molecule has 7 nitrogen and oxygen atoms in total. The lowest BCUT2D eigenvalue weighted by atomic mass is 10.2. The minimum Gasteiger partial charge on any atom is -0.496 e. The van der Waals surface area contributed by atoms with Crippen LogP contribution in [0.25, 0.3) is 0 Å². The third-order valence-electron chi connectivity index (χ3n) is 3.99. The van der Waals surface area contributed by atoms with Crippen molar-refractivity contribution in [2.24, 2.45) is 0 Å². The van der Waals surface area contributed by atoms with Gasteiger partial charge in [-0.2, -0.15) is 4.31 Å². The van der Waals surface area contributed by atoms with Crippen molar-refractivity contribution in [3.8, 4) is 11.5 Å². The van der Waals surface area contributed by atoms with Crippen LogP contribution in [0.3, 0.4) is 0 Å². The smallest absolute Gasteiger partial charge is 0.339 e. The molecule has 0 radical (unpaired) electrons. The molecule has 0 unspecified atom stereocenters. The van der Waals surface area contributed by atoms with E-state index < -0.39 is 15.6 Å². The van der Waals surface area contributed by atoms with Gasteiger partial charge in [-0.05, 0) is 37.6 Å². The molecule has 0 saturated carbocycles. The van der Waals surface area contributed by atoms with Crippen LogP contribution in [-0.4, -0.2) is 39.0 Å². The monoisotopic (exact) mass is 365 g/mol. The van der Waals surface area contributed by atoms with Crippen LogP contribution in [0.4, 0.5) is 0 Å². The van der Waals surface area contributed by atoms with Crippen LogP contribution < -0.4 is 15.1 Å². The maximum atomic E-state index is 12.6. The number of nitrogens with zero attached hydrogens (tertiary/aromatic N) is 1. The molecule has 0 atom stereocenters. The molecular formula is C17H19NO6S. The van der Waals surface area contributed by atoms with E-state index in [4.69, 9.17) is 13.9 Å². The highest BCUT2D eigenvalue weighted by molar-refractivity contribution is 7.89. The molecule has 134 valence electrons. The van der Waals surface area contributed by atoms with Crippen molar-refractivity contribution < 1.29 is 22.3 Å². The fourth-order valence-corrected chi connectivity index (χ4v) is 4.26. The van der Waals surface area contributed by atoms with Gasteiger partial charge >= 0.3 is 5.63 Å². The van der Waals surface area contributed by atoms with E-state index in [1.165, 1.54) is 16.4 Å². The van der Waals surface area contributed by atoms with Gasteiger partial charge < -0.3 is 13.9 Å². The highest BCUT2D eigenvalue weighted by atomic mass is 32.2. The molecule has 1 aromatic heterocycles. The van der Waals surface area contributed by atoms with Crippen molar-refractivity contribution in [1.82, 2.24) is 4.31 Å². The van der Waals surface area contributed by atoms with E-state index in [2.05, 4.69) is 0 Å². The lowest BCUT2D eigenvalue weighted by Crippen LogP contribution is -2.56. The lowest BCUT2D eigenvalue weighted by Gasteiger charge is -2.37. The van der Waals surface area contributed by atoms with E-state index >= 15 is 0 Å². The van der Waals surface area contributed by atoms with Crippen molar-refractivity contribution >= 4 is 10.0 Å². The first kappa shape index (κ1) is 17.5. The van der Waals surface area contributed by atoms with E-state index in [0.29, 0.717) is 17.3 Å². The van der Waals surface area contributed by atoms with Gasteiger partial charge in [0.15, 0.2) is 0 Å². The molecule has 3 rings (SSSR count). The van der Waals surface area contributed by atoms with Crippen LogP contribution in [0, 0.1) is 13.8 Å². The third kappa shape index (κ3) is 3.54. The van der Waals surface area contributed by atoms with Crippen LogP contribution in [0.5, 0.6) is 11.5 Å². The Morgan fingerprint density at radius 1 is 1.16 bits per heavy atom. The molecule has 0 spiro atoms. The second-order valence-corrected chi connectivity index (χ2v) is 7.85. The Balaban J connectivity index is 1.68. The van der Waals surface area contributed by atoms with Gasteiger partial charge in [-0.25, -0.2) is 13.2 Å². The summed E-state index contributed by atoms with van der Waals surface area (Å²) in [7, 11) is -2.03. The van der Waals surface area contributed by atoms with Gasteiger partial charge in [0.2, 0.25) is 10.0 Å². The Kier molecular flexibility index (Phi) is 4.57. The van der Waals surface area contributed by atoms with Crippen LogP contribution in [0.15, 0.2) is 44.4 Å². The number of aryl methyl sites for hydroxylation is 2. The maximum absolute atomic E-state index is 12.6. The third-order valence-corrected chi connectivity index (χ3v) is 5.82. The second kappa shape index (κ2) is 6.53. The zero-order valence-electron chi connectivity index (χ0n) is 14.2. The molecule has 0 bridgehead atoms. The van der Waals surface area contributed by atoms with Gasteiger partial charge in [-0.15, -0.1) is 0 Å². The van der Waals surface area contributed by atoms with Gasteiger partial charge in [0.25, 0.3) is 0 Å². The minimum absolute atomic E-state index is 0.223. The molecule has 0 aliphatic carbocycles. The number of ether oxygens (including phenoxy) is 2. The van der Waals surface area contributed by atoms with Crippen molar-refractivity contribution in [3.05, 3.63) is 52.1 Å². The van der Waals surface area contributed by atoms with E-state index in [1.807, 2.05) is 0 Å². The standard InChI is InChI=1S/C17H19NO6S/c1-11-6-15(4-5-16(11)22-3)25(20,21)18-9-14(10-18)24-13-7-12(2)23-17(19)8-13/h4-8,14H,9-10H2,1-3H3. The molecule has 1 saturated heterocycles. The summed E-state index contributed by atoms with van der Waals surface area (Å²) in [5, 5.41) is 0. The molecule has 0 amide bonds. The highest BCUT2D eigenvalue weighted by Crippen LogP contribution is 2.27. The van der Waals surface area contributed by atoms with Gasteiger partial charge in [-0.1, -0.05) is 0 Å². The molecule has 8 heteroatoms. The Hall–Kier alpha value is -2.32. The molecule has 25 heavy (non-hydrogen) atoms. The van der Waals surface area contributed by atoms with E-state index in [9.17, 15) is 13.2 Å². The predicted molar refractivity (Wildman–Crippen MR) is 90.6 cm³/mol. The van der Waals surface area contributed by atoms with E-state index in [0.717, 1.165) is 5.56 Å². The fourth-order valence-electron chi connectivity index (χ4n) is 2.67. The van der Waals surface area contributed by atoms with Gasteiger partial charge in [-0.3, -0.25) is 0 Å². The first-order valence-corrected chi connectivity index (χ1v) is 9.17. The van der Waals surface area contributed by atoms with Crippen LogP contribution in [-0.2, 0) is 10.0 Å². The summed E-state index contributed by atoms with van der Waals surface area (Å²) >= 11 is 0. The maximum Gasteiger partial charge on any atom is 0.339 e. The largest absolute Gasteiger partial charge is 0.496 e. The topological polar surface area (TPSA) is 86.1 Å². The van der Waals surface area contributed by atoms with Gasteiger partial charge in [0.1, 0.15) is 23.4 Å². The van der Waals surface area contributed by atoms with Crippen molar-refractivity contribution in [2.75, 3.05) is 20.2 Å². The Morgan fingerprint density at radius 3 is 2.48 bits per heavy atom. The molecule has 1 fully saturated rings. The summed E-state index contributed by atoms with van der Waals surface area (Å²) in [6, 6.07) is 7.61. The van der Waals surface area contributed by atoms with Crippen molar-refractivity contribution in [1.29, 1.82) is 0 Å². The van der Waals surface area contributed by atoms with Crippen molar-refractivity contribution in [3.63, 3.8) is 0 Å². The average molecular weight is 365 g/mol. The average Bonchev–Trinajstić information content (AvgIpc) is 2.49. The Morgan fingerprint density at radius 2 is 1.88 bits per heavy atom. The summed E-state index contributed by atoms with van der Waals surface area (Å²) in [6.45, 7) is 3.90. The normalized spacial score (nSPS) is 15.6. The summed E-state index contributed by atoms with van der Waals surface area (Å²) in [6.07, 6.45) is -0.296. The molecule has 1 aliphatic rings. The highest BCUT2D eigenvalue weighted by Gasteiger charge is 2.38. The molecule has 1 aromatic carbocycles. The SMILES string of the molecule is COc1ccc(S(=O)(=O)N2CC(Oc3cc(C)oc(=O)c3)C2)cc1C. The number of hydrogen-bond donors (Lipinski definition) is 0. The predicted octanol–water partition coefficient (Wildman–Crippen LogP) is 1.72. The molecule has 0 N–H and O–H groups in total. The first-order valence-electron chi connectivity index (χ1n) is 7.73. The van der Waals surface area contributed by atoms with E-state index in [1.54, 1.807) is 39.2 Å². The second-order valence-electron chi connectivity index (χ2n) is 5.92. The number of sulfonamides is 1. The summed E-state index contributed by atoms with van der Waals surface area (Å²) in [5.74, 6) is 1.47. The Labute approximate surface area is 145 Å². The number of benzene rings is 1. The number of methoxy groups -OCH3 is 1. The van der Waals surface area contributed by atoms with Crippen LogP contribution >= 0.6 is 0 Å². The molecule has 2 aromatic rings. The number of rotatable bonds is 5. The van der Waals surface area contributed by atoms with Crippen molar-refractivity contribution in [2.45, 2.75) is 24.8 Å². The summed E-state index contributed by atoms with van der Waals surface area (Å²) in [5.41, 5.74) is 0.260. The summed E-state index contributed by atoms with van der Waals surface area (Å²) in [4.78, 5) is 11.6. The quantitative estimate of drug-likeness (QED) is 0.802. The molecule has 1 aliphatic heterocycles. The van der Waals surface area contributed by atoms with E-state index in [-0.39, 0.29) is 24.1 Å². The first-order chi connectivity index (χ1) is 11.8. The zero-order valence-corrected chi connectivity index (χ0v) is 15.0. The number of hydrogen-bond acceptors (Lipinski definition) is 6. The van der Waals surface area contributed by atoms with Gasteiger partial charge in [0.05, 0.1) is 31.2 Å². The fraction of sp³-hybridized carbons (Fsp3) is 0.353. The Bertz CT molecular complexity index is 944. The minimum atomic E-state index is -3.57. The summed E-state index contributed by atoms with van der Waals surface area (Å²) < 4.78 is 42.3. The lowest BCUT2D eigenvalue weighted by molar-refractivity contribution is 0.0754.